The van der Waals surface area contributed by atoms with Crippen LogP contribution in [-0.4, -0.2) is 24.1 Å². The number of hydrogen-bond donors (Lipinski definition) is 1. The fraction of sp³-hybridized carbons (Fsp3) is 0.185. The Morgan fingerprint density at radius 2 is 1.56 bits per heavy atom. The van der Waals surface area contributed by atoms with E-state index in [0.717, 1.165) is 33.1 Å². The van der Waals surface area contributed by atoms with Crippen molar-refractivity contribution in [2.75, 3.05) is 18.5 Å². The second-order valence-corrected chi connectivity index (χ2v) is 8.86. The third-order valence-corrected chi connectivity index (χ3v) is 6.94. The van der Waals surface area contributed by atoms with E-state index in [-0.39, 0.29) is 5.91 Å². The molecule has 1 aromatic heterocycles. The Morgan fingerprint density at radius 1 is 0.875 bits per heavy atom. The number of benzene rings is 3. The van der Waals surface area contributed by atoms with E-state index >= 15 is 0 Å². The van der Waals surface area contributed by atoms with Gasteiger partial charge in [-0.2, -0.15) is 0 Å². The smallest absolute Gasteiger partial charge is 0.235 e. The van der Waals surface area contributed by atoms with Crippen LogP contribution in [-0.2, 0) is 14.9 Å². The molecular weight excluding hydrogens is 416 g/mol. The molecule has 5 rings (SSSR count). The van der Waals surface area contributed by atoms with Crippen molar-refractivity contribution in [3.63, 3.8) is 0 Å². The van der Waals surface area contributed by atoms with E-state index in [1.54, 1.807) is 11.3 Å². The molecule has 0 spiro atoms. The van der Waals surface area contributed by atoms with E-state index in [9.17, 15) is 4.79 Å². The standard InChI is InChI=1S/C27H24N2O2S/c30-26(27(14-16-31-17-15-27)22-11-5-2-6-12-22)28-23-13-7-10-21(18-23)24-19-32-25(29-24)20-8-3-1-4-9-20/h1-13,18-19H,14-17H2,(H,28,30). The van der Waals surface area contributed by atoms with Crippen molar-refractivity contribution >= 4 is 22.9 Å². The number of carbonyl (C=O) groups is 1. The maximum atomic E-state index is 13.5. The maximum Gasteiger partial charge on any atom is 0.235 e. The van der Waals surface area contributed by atoms with Crippen LogP contribution in [0.15, 0.2) is 90.3 Å². The number of ether oxygens (including phenoxy) is 1. The minimum Gasteiger partial charge on any atom is -0.381 e. The monoisotopic (exact) mass is 440 g/mol. The molecular formula is C27H24N2O2S. The number of carbonyl (C=O) groups excluding carboxylic acids is 1. The molecule has 4 nitrogen and oxygen atoms in total. The lowest BCUT2D eigenvalue weighted by Gasteiger charge is -2.36. The first-order chi connectivity index (χ1) is 15.7. The van der Waals surface area contributed by atoms with Gasteiger partial charge in [-0.15, -0.1) is 11.3 Å². The predicted octanol–water partition coefficient (Wildman–Crippen LogP) is 6.16. The highest BCUT2D eigenvalue weighted by Gasteiger charge is 2.41. The molecule has 0 unspecified atom stereocenters. The van der Waals surface area contributed by atoms with Crippen LogP contribution in [0.1, 0.15) is 18.4 Å². The largest absolute Gasteiger partial charge is 0.381 e. The fourth-order valence-corrected chi connectivity index (χ4v) is 5.09. The summed E-state index contributed by atoms with van der Waals surface area (Å²) < 4.78 is 5.58. The minimum atomic E-state index is -0.573. The van der Waals surface area contributed by atoms with Crippen molar-refractivity contribution in [1.82, 2.24) is 4.98 Å². The van der Waals surface area contributed by atoms with Crippen LogP contribution in [0, 0.1) is 0 Å². The van der Waals surface area contributed by atoms with Crippen LogP contribution in [0.5, 0.6) is 0 Å². The summed E-state index contributed by atoms with van der Waals surface area (Å²) in [6.45, 7) is 1.17. The first-order valence-electron chi connectivity index (χ1n) is 10.8. The summed E-state index contributed by atoms with van der Waals surface area (Å²) in [5.74, 6) is 0.0207. The first kappa shape index (κ1) is 20.6. The summed E-state index contributed by atoms with van der Waals surface area (Å²) in [5.41, 5.74) is 4.26. The predicted molar refractivity (Wildman–Crippen MR) is 130 cm³/mol. The summed E-state index contributed by atoms with van der Waals surface area (Å²) in [6.07, 6.45) is 1.35. The summed E-state index contributed by atoms with van der Waals surface area (Å²) in [4.78, 5) is 18.4. The lowest BCUT2D eigenvalue weighted by molar-refractivity contribution is -0.125. The van der Waals surface area contributed by atoms with E-state index in [1.807, 2.05) is 72.8 Å². The van der Waals surface area contributed by atoms with Gasteiger partial charge in [-0.3, -0.25) is 4.79 Å². The quantitative estimate of drug-likeness (QED) is 0.404. The van der Waals surface area contributed by atoms with E-state index in [0.29, 0.717) is 26.1 Å². The molecule has 1 saturated heterocycles. The Hall–Kier alpha value is -3.28. The highest BCUT2D eigenvalue weighted by Crippen LogP contribution is 2.36. The van der Waals surface area contributed by atoms with Crippen molar-refractivity contribution in [2.24, 2.45) is 0 Å². The Labute approximate surface area is 191 Å². The Bertz CT molecular complexity index is 1200. The molecule has 0 saturated carbocycles. The van der Waals surface area contributed by atoms with Crippen LogP contribution < -0.4 is 5.32 Å². The van der Waals surface area contributed by atoms with Gasteiger partial charge >= 0.3 is 0 Å². The van der Waals surface area contributed by atoms with E-state index in [1.165, 1.54) is 0 Å². The number of rotatable bonds is 5. The lowest BCUT2D eigenvalue weighted by atomic mass is 9.73. The van der Waals surface area contributed by atoms with Gasteiger partial charge in [-0.25, -0.2) is 4.98 Å². The molecule has 1 fully saturated rings. The minimum absolute atomic E-state index is 0.0207. The highest BCUT2D eigenvalue weighted by atomic mass is 32.1. The Morgan fingerprint density at radius 3 is 2.31 bits per heavy atom. The lowest BCUT2D eigenvalue weighted by Crippen LogP contribution is -2.44. The van der Waals surface area contributed by atoms with Crippen LogP contribution in [0.2, 0.25) is 0 Å². The molecule has 160 valence electrons. The average molecular weight is 441 g/mol. The number of anilines is 1. The average Bonchev–Trinajstić information content (AvgIpc) is 3.36. The molecule has 0 radical (unpaired) electrons. The molecule has 0 bridgehead atoms. The van der Waals surface area contributed by atoms with Gasteiger partial charge in [0.25, 0.3) is 0 Å². The molecule has 4 aromatic rings. The molecule has 5 heteroatoms. The van der Waals surface area contributed by atoms with Crippen LogP contribution in [0.25, 0.3) is 21.8 Å². The number of thiazole rings is 1. The number of nitrogens with zero attached hydrogens (tertiary/aromatic N) is 1. The molecule has 0 aliphatic carbocycles. The van der Waals surface area contributed by atoms with Crippen LogP contribution in [0.4, 0.5) is 5.69 Å². The van der Waals surface area contributed by atoms with Crippen molar-refractivity contribution in [3.05, 3.63) is 95.9 Å². The van der Waals surface area contributed by atoms with Crippen molar-refractivity contribution in [1.29, 1.82) is 0 Å². The van der Waals surface area contributed by atoms with Crippen molar-refractivity contribution < 1.29 is 9.53 Å². The zero-order valence-electron chi connectivity index (χ0n) is 17.7. The fourth-order valence-electron chi connectivity index (χ4n) is 4.25. The van der Waals surface area contributed by atoms with E-state index in [2.05, 4.69) is 22.8 Å². The van der Waals surface area contributed by atoms with Crippen molar-refractivity contribution in [2.45, 2.75) is 18.3 Å². The summed E-state index contributed by atoms with van der Waals surface area (Å²) in [5, 5.41) is 6.23. The molecule has 3 aromatic carbocycles. The van der Waals surface area contributed by atoms with Gasteiger partial charge in [0, 0.05) is 35.4 Å². The van der Waals surface area contributed by atoms with Gasteiger partial charge in [0.1, 0.15) is 5.01 Å². The third kappa shape index (κ3) is 4.09. The second-order valence-electron chi connectivity index (χ2n) is 8.00. The first-order valence-corrected chi connectivity index (χ1v) is 11.7. The zero-order valence-corrected chi connectivity index (χ0v) is 18.5. The van der Waals surface area contributed by atoms with Crippen molar-refractivity contribution in [3.8, 4) is 21.8 Å². The van der Waals surface area contributed by atoms with Crippen LogP contribution in [0.3, 0.4) is 0 Å². The van der Waals surface area contributed by atoms with Gasteiger partial charge in [0.15, 0.2) is 0 Å². The van der Waals surface area contributed by atoms with Gasteiger partial charge in [0.2, 0.25) is 5.91 Å². The zero-order chi connectivity index (χ0) is 21.8. The molecule has 0 atom stereocenters. The third-order valence-electron chi connectivity index (χ3n) is 6.05. The van der Waals surface area contributed by atoms with Crippen LogP contribution >= 0.6 is 11.3 Å². The molecule has 1 amide bonds. The Balaban J connectivity index is 1.40. The van der Waals surface area contributed by atoms with Gasteiger partial charge in [-0.1, -0.05) is 72.8 Å². The number of amides is 1. The number of nitrogens with one attached hydrogen (secondary N) is 1. The SMILES string of the molecule is O=C(Nc1cccc(-c2csc(-c3ccccc3)n2)c1)C1(c2ccccc2)CCOCC1. The number of aromatic nitrogens is 1. The molecule has 1 aliphatic heterocycles. The second kappa shape index (κ2) is 9.07. The molecule has 1 aliphatic rings. The maximum absolute atomic E-state index is 13.5. The summed E-state index contributed by atoms with van der Waals surface area (Å²) in [7, 11) is 0. The highest BCUT2D eigenvalue weighted by molar-refractivity contribution is 7.13. The van der Waals surface area contributed by atoms with Gasteiger partial charge in [0.05, 0.1) is 11.1 Å². The topological polar surface area (TPSA) is 51.2 Å². The summed E-state index contributed by atoms with van der Waals surface area (Å²) in [6, 6.07) is 28.2. The van der Waals surface area contributed by atoms with Gasteiger partial charge < -0.3 is 10.1 Å². The van der Waals surface area contributed by atoms with E-state index in [4.69, 9.17) is 9.72 Å². The Kier molecular flexibility index (Phi) is 5.84. The van der Waals surface area contributed by atoms with Gasteiger partial charge in [-0.05, 0) is 30.5 Å². The molecule has 32 heavy (non-hydrogen) atoms. The normalized spacial score (nSPS) is 15.2. The number of hydrogen-bond acceptors (Lipinski definition) is 4. The molecule has 1 N–H and O–H groups in total. The summed E-state index contributed by atoms with van der Waals surface area (Å²) >= 11 is 1.62. The molecule has 2 heterocycles. The van der Waals surface area contributed by atoms with E-state index < -0.39 is 5.41 Å².